The quantitative estimate of drug-likeness (QED) is 0.508. The molecule has 0 heterocycles. The number of nitrogens with one attached hydrogen (secondary N) is 2. The van der Waals surface area contributed by atoms with Crippen molar-refractivity contribution < 1.29 is 31.5 Å². The van der Waals surface area contributed by atoms with Gasteiger partial charge in [0.1, 0.15) is 5.82 Å². The van der Waals surface area contributed by atoms with Crippen LogP contribution in [-0.4, -0.2) is 11.8 Å². The number of rotatable bonds is 3. The molecule has 0 bridgehead atoms. The molecule has 2 N–H and O–H groups in total. The van der Waals surface area contributed by atoms with Gasteiger partial charge in [0.2, 0.25) is 5.91 Å². The Balaban J connectivity index is 2.32. The first kappa shape index (κ1) is 17.4. The normalized spacial score (nSPS) is 10.4. The monoisotopic (exact) mass is 344 g/mol. The van der Waals surface area contributed by atoms with Crippen LogP contribution >= 0.6 is 0 Å². The van der Waals surface area contributed by atoms with E-state index in [2.05, 4.69) is 10.6 Å². The molecule has 9 heteroatoms. The minimum absolute atomic E-state index is 0.0882. The third-order valence-corrected chi connectivity index (χ3v) is 2.88. The zero-order valence-electron chi connectivity index (χ0n) is 12.0. The third-order valence-electron chi connectivity index (χ3n) is 2.88. The van der Waals surface area contributed by atoms with E-state index in [0.29, 0.717) is 0 Å². The summed E-state index contributed by atoms with van der Waals surface area (Å²) in [5, 5.41) is 4.22. The summed E-state index contributed by atoms with van der Waals surface area (Å²) in [6, 6.07) is 3.19. The number of hydrogen-bond acceptors (Lipinski definition) is 2. The molecule has 24 heavy (non-hydrogen) atoms. The van der Waals surface area contributed by atoms with Gasteiger partial charge < -0.3 is 10.6 Å². The van der Waals surface area contributed by atoms with Crippen molar-refractivity contribution in [3.8, 4) is 0 Å². The summed E-state index contributed by atoms with van der Waals surface area (Å²) in [6.45, 7) is 1.13. The molecule has 0 unspecified atom stereocenters. The Labute approximate surface area is 132 Å². The van der Waals surface area contributed by atoms with Crippen LogP contribution in [0.2, 0.25) is 0 Å². The summed E-state index contributed by atoms with van der Waals surface area (Å²) >= 11 is 0. The molecule has 0 saturated heterocycles. The molecule has 2 aromatic rings. The Morgan fingerprint density at radius 2 is 1.50 bits per heavy atom. The Bertz CT molecular complexity index is 839. The van der Waals surface area contributed by atoms with Gasteiger partial charge in [-0.1, -0.05) is 0 Å². The maximum atomic E-state index is 13.6. The number of hydrogen-bond donors (Lipinski definition) is 2. The zero-order chi connectivity index (χ0) is 18.0. The van der Waals surface area contributed by atoms with Crippen LogP contribution in [0.5, 0.6) is 0 Å². The van der Waals surface area contributed by atoms with Gasteiger partial charge in [0.05, 0.1) is 11.3 Å². The molecule has 0 aliphatic carbocycles. The van der Waals surface area contributed by atoms with Crippen LogP contribution in [0.25, 0.3) is 0 Å². The molecule has 2 aromatic carbocycles. The highest BCUT2D eigenvalue weighted by molar-refractivity contribution is 6.05. The SMILES string of the molecule is CC(=O)Nc1cc(NC(=O)c2cc(F)c(F)c(F)c2F)ccc1F. The zero-order valence-corrected chi connectivity index (χ0v) is 12.0. The standard InChI is InChI=1S/C15H9F5N2O2/c1-6(23)21-11-4-7(2-3-9(11)16)22-15(24)8-5-10(17)13(19)14(20)12(8)18/h2-5H,1H3,(H,21,23)(H,22,24). The fraction of sp³-hybridized carbons (Fsp3) is 0.0667. The lowest BCUT2D eigenvalue weighted by Crippen LogP contribution is -2.16. The lowest BCUT2D eigenvalue weighted by Gasteiger charge is -2.10. The van der Waals surface area contributed by atoms with Crippen LogP contribution in [0.4, 0.5) is 33.3 Å². The highest BCUT2D eigenvalue weighted by Crippen LogP contribution is 2.22. The number of carbonyl (C=O) groups is 2. The maximum Gasteiger partial charge on any atom is 0.258 e. The average molecular weight is 344 g/mol. The van der Waals surface area contributed by atoms with E-state index >= 15 is 0 Å². The first-order chi connectivity index (χ1) is 11.2. The predicted octanol–water partition coefficient (Wildman–Crippen LogP) is 3.59. The Morgan fingerprint density at radius 3 is 2.12 bits per heavy atom. The molecule has 0 aliphatic heterocycles. The highest BCUT2D eigenvalue weighted by Gasteiger charge is 2.23. The van der Waals surface area contributed by atoms with E-state index in [1.807, 2.05) is 0 Å². The van der Waals surface area contributed by atoms with E-state index in [4.69, 9.17) is 0 Å². The van der Waals surface area contributed by atoms with Crippen molar-refractivity contribution in [2.75, 3.05) is 10.6 Å². The molecular formula is C15H9F5N2O2. The van der Waals surface area contributed by atoms with E-state index in [0.717, 1.165) is 25.1 Å². The minimum Gasteiger partial charge on any atom is -0.324 e. The molecule has 0 aromatic heterocycles. The second-order valence-corrected chi connectivity index (χ2v) is 4.68. The molecule has 2 amide bonds. The molecule has 4 nitrogen and oxygen atoms in total. The molecule has 0 atom stereocenters. The average Bonchev–Trinajstić information content (AvgIpc) is 2.51. The first-order valence-electron chi connectivity index (χ1n) is 6.42. The van der Waals surface area contributed by atoms with Gasteiger partial charge in [0.15, 0.2) is 23.3 Å². The molecule has 0 fully saturated rings. The van der Waals surface area contributed by atoms with Gasteiger partial charge >= 0.3 is 0 Å². The lowest BCUT2D eigenvalue weighted by atomic mass is 10.1. The van der Waals surface area contributed by atoms with Crippen LogP contribution in [0.1, 0.15) is 17.3 Å². The second-order valence-electron chi connectivity index (χ2n) is 4.68. The minimum atomic E-state index is -2.13. The Morgan fingerprint density at radius 1 is 0.833 bits per heavy atom. The van der Waals surface area contributed by atoms with Crippen molar-refractivity contribution in [3.63, 3.8) is 0 Å². The smallest absolute Gasteiger partial charge is 0.258 e. The predicted molar refractivity (Wildman–Crippen MR) is 74.9 cm³/mol. The van der Waals surface area contributed by atoms with Gasteiger partial charge in [-0.15, -0.1) is 0 Å². The number of benzene rings is 2. The van der Waals surface area contributed by atoms with Gasteiger partial charge in [0, 0.05) is 12.6 Å². The summed E-state index contributed by atoms with van der Waals surface area (Å²) in [5.74, 6) is -10.4. The summed E-state index contributed by atoms with van der Waals surface area (Å²) in [7, 11) is 0. The molecule has 0 saturated carbocycles. The van der Waals surface area contributed by atoms with Crippen molar-refractivity contribution in [3.05, 3.63) is 58.9 Å². The largest absolute Gasteiger partial charge is 0.324 e. The van der Waals surface area contributed by atoms with Crippen molar-refractivity contribution in [1.82, 2.24) is 0 Å². The highest BCUT2D eigenvalue weighted by atomic mass is 19.2. The summed E-state index contributed by atoms with van der Waals surface area (Å²) in [4.78, 5) is 22.8. The van der Waals surface area contributed by atoms with Gasteiger partial charge in [-0.05, 0) is 24.3 Å². The molecule has 0 spiro atoms. The molecule has 2 rings (SSSR count). The fourth-order valence-electron chi connectivity index (χ4n) is 1.82. The topological polar surface area (TPSA) is 58.2 Å². The van der Waals surface area contributed by atoms with Gasteiger partial charge in [-0.3, -0.25) is 9.59 Å². The van der Waals surface area contributed by atoms with Gasteiger partial charge in [0.25, 0.3) is 5.91 Å². The Hall–Kier alpha value is -2.97. The van der Waals surface area contributed by atoms with E-state index in [1.165, 1.54) is 0 Å². The number of anilines is 2. The van der Waals surface area contributed by atoms with Gasteiger partial charge in [-0.2, -0.15) is 0 Å². The van der Waals surface area contributed by atoms with Crippen molar-refractivity contribution in [2.24, 2.45) is 0 Å². The van der Waals surface area contributed by atoms with Crippen LogP contribution in [0.3, 0.4) is 0 Å². The summed E-state index contributed by atoms with van der Waals surface area (Å²) < 4.78 is 66.2. The van der Waals surface area contributed by atoms with Gasteiger partial charge in [-0.25, -0.2) is 22.0 Å². The molecule has 126 valence electrons. The summed E-state index contributed by atoms with van der Waals surface area (Å²) in [5.41, 5.74) is -1.43. The van der Waals surface area contributed by atoms with Crippen molar-refractivity contribution in [2.45, 2.75) is 6.92 Å². The van der Waals surface area contributed by atoms with Crippen LogP contribution in [-0.2, 0) is 4.79 Å². The van der Waals surface area contributed by atoms with E-state index in [-0.39, 0.29) is 17.4 Å². The van der Waals surface area contributed by atoms with E-state index in [9.17, 15) is 31.5 Å². The third kappa shape index (κ3) is 3.50. The van der Waals surface area contributed by atoms with Crippen molar-refractivity contribution in [1.29, 1.82) is 0 Å². The summed E-state index contributed by atoms with van der Waals surface area (Å²) in [6.07, 6.45) is 0. The number of amides is 2. The van der Waals surface area contributed by atoms with Crippen molar-refractivity contribution >= 4 is 23.2 Å². The van der Waals surface area contributed by atoms with E-state index in [1.54, 1.807) is 0 Å². The lowest BCUT2D eigenvalue weighted by molar-refractivity contribution is -0.114. The van der Waals surface area contributed by atoms with E-state index < -0.39 is 46.5 Å². The maximum absolute atomic E-state index is 13.6. The fourth-order valence-corrected chi connectivity index (χ4v) is 1.82. The Kier molecular flexibility index (Phi) is 4.82. The van der Waals surface area contributed by atoms with Crippen LogP contribution in [0, 0.1) is 29.1 Å². The van der Waals surface area contributed by atoms with Crippen LogP contribution in [0.15, 0.2) is 24.3 Å². The second kappa shape index (κ2) is 6.65. The molecule has 0 radical (unpaired) electrons. The number of halogens is 5. The first-order valence-corrected chi connectivity index (χ1v) is 6.42. The molecular weight excluding hydrogens is 335 g/mol. The van der Waals surface area contributed by atoms with Crippen LogP contribution < -0.4 is 10.6 Å². The number of carbonyl (C=O) groups excluding carboxylic acids is 2. The molecule has 0 aliphatic rings.